The molecule has 1 fully saturated rings. The second-order valence-electron chi connectivity index (χ2n) is 4.65. The topological polar surface area (TPSA) is 65.1 Å². The molecule has 1 amide bonds. The minimum Gasteiger partial charge on any atom is -0.494 e. The highest BCUT2D eigenvalue weighted by molar-refractivity contribution is 5.93. The van der Waals surface area contributed by atoms with Crippen LogP contribution in [-0.4, -0.2) is 49.7 Å². The van der Waals surface area contributed by atoms with Crippen molar-refractivity contribution in [3.05, 3.63) is 12.0 Å². The molecule has 0 radical (unpaired) electrons. The molecule has 6 nitrogen and oxygen atoms in total. The van der Waals surface area contributed by atoms with Crippen molar-refractivity contribution in [3.63, 3.8) is 0 Å². The van der Waals surface area contributed by atoms with Crippen molar-refractivity contribution in [3.8, 4) is 0 Å². The lowest BCUT2D eigenvalue weighted by Crippen LogP contribution is -2.44. The fourth-order valence-corrected chi connectivity index (χ4v) is 2.41. The molecule has 0 atom stereocenters. The number of carbonyl (C=O) groups excluding carboxylic acids is 2. The second kappa shape index (κ2) is 6.45. The zero-order valence-corrected chi connectivity index (χ0v) is 11.1. The molecule has 1 saturated carbocycles. The Morgan fingerprint density at radius 3 is 2.68 bits per heavy atom. The summed E-state index contributed by atoms with van der Waals surface area (Å²) in [5.74, 6) is -0.545. The van der Waals surface area contributed by atoms with Crippen molar-refractivity contribution in [2.24, 2.45) is 0 Å². The molecule has 0 aromatic rings. The van der Waals surface area contributed by atoms with Gasteiger partial charge in [-0.15, -0.1) is 0 Å². The molecule has 0 aromatic heterocycles. The van der Waals surface area contributed by atoms with Crippen LogP contribution in [0.3, 0.4) is 0 Å². The highest BCUT2D eigenvalue weighted by Crippen LogP contribution is 2.25. The van der Waals surface area contributed by atoms with E-state index in [4.69, 9.17) is 9.47 Å². The van der Waals surface area contributed by atoms with Gasteiger partial charge in [0.25, 0.3) is 5.91 Å². The van der Waals surface area contributed by atoms with Gasteiger partial charge in [0.1, 0.15) is 26.0 Å². The molecule has 0 saturated heterocycles. The first kappa shape index (κ1) is 13.7. The summed E-state index contributed by atoms with van der Waals surface area (Å²) in [6.45, 7) is 0.756. The van der Waals surface area contributed by atoms with Crippen LogP contribution in [0.5, 0.6) is 0 Å². The molecule has 0 aromatic carbocycles. The van der Waals surface area contributed by atoms with Crippen molar-refractivity contribution in [1.29, 1.82) is 0 Å². The Hall–Kier alpha value is -1.72. The lowest BCUT2D eigenvalue weighted by Gasteiger charge is -2.29. The van der Waals surface area contributed by atoms with E-state index in [1.165, 1.54) is 13.4 Å². The Labute approximate surface area is 112 Å². The number of hydrogen-bond donors (Lipinski definition) is 0. The average Bonchev–Trinajstić information content (AvgIpc) is 2.98. The van der Waals surface area contributed by atoms with Gasteiger partial charge in [0.05, 0.1) is 7.11 Å². The van der Waals surface area contributed by atoms with E-state index >= 15 is 0 Å². The molecule has 1 aliphatic heterocycles. The molecule has 2 aliphatic rings. The lowest BCUT2D eigenvalue weighted by molar-refractivity contribution is -0.148. The number of rotatable bonds is 4. The average molecular weight is 269 g/mol. The SMILES string of the molecule is COC(=O)CN(C(=O)C1=COCCO1)C1CCCC1. The fraction of sp³-hybridized carbons (Fsp3) is 0.692. The number of esters is 1. The quantitative estimate of drug-likeness (QED) is 0.707. The Balaban J connectivity index is 2.08. The molecule has 0 bridgehead atoms. The summed E-state index contributed by atoms with van der Waals surface area (Å²) in [6.07, 6.45) is 5.30. The van der Waals surface area contributed by atoms with Crippen molar-refractivity contribution in [2.45, 2.75) is 31.7 Å². The van der Waals surface area contributed by atoms with Crippen LogP contribution in [0.4, 0.5) is 0 Å². The smallest absolute Gasteiger partial charge is 0.325 e. The minimum atomic E-state index is -0.419. The van der Waals surface area contributed by atoms with Crippen molar-refractivity contribution in [1.82, 2.24) is 4.90 Å². The zero-order valence-electron chi connectivity index (χ0n) is 11.1. The predicted molar refractivity (Wildman–Crippen MR) is 66.0 cm³/mol. The van der Waals surface area contributed by atoms with Gasteiger partial charge in [-0.3, -0.25) is 9.59 Å². The van der Waals surface area contributed by atoms with Gasteiger partial charge in [0.2, 0.25) is 5.76 Å². The summed E-state index contributed by atoms with van der Waals surface area (Å²) < 4.78 is 15.0. The number of amides is 1. The molecule has 19 heavy (non-hydrogen) atoms. The fourth-order valence-electron chi connectivity index (χ4n) is 2.41. The number of ether oxygens (including phenoxy) is 3. The van der Waals surface area contributed by atoms with E-state index in [0.29, 0.717) is 13.2 Å². The summed E-state index contributed by atoms with van der Waals surface area (Å²) in [4.78, 5) is 25.4. The van der Waals surface area contributed by atoms with Crippen LogP contribution in [-0.2, 0) is 23.8 Å². The van der Waals surface area contributed by atoms with Crippen LogP contribution in [0.1, 0.15) is 25.7 Å². The van der Waals surface area contributed by atoms with E-state index in [9.17, 15) is 9.59 Å². The Bertz CT molecular complexity index is 373. The van der Waals surface area contributed by atoms with Gasteiger partial charge in [-0.2, -0.15) is 0 Å². The summed E-state index contributed by atoms with van der Waals surface area (Å²) in [5.41, 5.74) is 0. The van der Waals surface area contributed by atoms with Gasteiger partial charge in [-0.1, -0.05) is 12.8 Å². The first-order valence-corrected chi connectivity index (χ1v) is 6.54. The first-order chi connectivity index (χ1) is 9.22. The van der Waals surface area contributed by atoms with Crippen LogP contribution < -0.4 is 0 Å². The summed E-state index contributed by atoms with van der Waals surface area (Å²) in [7, 11) is 1.32. The maximum atomic E-state index is 12.4. The second-order valence-corrected chi connectivity index (χ2v) is 4.65. The third-order valence-electron chi connectivity index (χ3n) is 3.41. The van der Waals surface area contributed by atoms with Gasteiger partial charge < -0.3 is 19.1 Å². The molecular weight excluding hydrogens is 250 g/mol. The van der Waals surface area contributed by atoms with Crippen LogP contribution in [0.15, 0.2) is 12.0 Å². The van der Waals surface area contributed by atoms with Crippen LogP contribution in [0.2, 0.25) is 0 Å². The molecule has 106 valence electrons. The Morgan fingerprint density at radius 1 is 1.37 bits per heavy atom. The van der Waals surface area contributed by atoms with Gasteiger partial charge >= 0.3 is 5.97 Å². The maximum absolute atomic E-state index is 12.4. The summed E-state index contributed by atoms with van der Waals surface area (Å²) >= 11 is 0. The molecular formula is C13H19NO5. The maximum Gasteiger partial charge on any atom is 0.325 e. The van der Waals surface area contributed by atoms with E-state index in [2.05, 4.69) is 4.74 Å². The normalized spacial score (nSPS) is 19.1. The van der Waals surface area contributed by atoms with E-state index in [-0.39, 0.29) is 24.3 Å². The first-order valence-electron chi connectivity index (χ1n) is 6.54. The van der Waals surface area contributed by atoms with Crippen LogP contribution in [0, 0.1) is 0 Å². The molecule has 1 aliphatic carbocycles. The molecule has 2 rings (SSSR count). The molecule has 0 spiro atoms. The highest BCUT2D eigenvalue weighted by atomic mass is 16.6. The molecule has 0 N–H and O–H groups in total. The number of hydrogen-bond acceptors (Lipinski definition) is 5. The van der Waals surface area contributed by atoms with Gasteiger partial charge in [-0.05, 0) is 12.8 Å². The Morgan fingerprint density at radius 2 is 2.11 bits per heavy atom. The molecule has 6 heteroatoms. The van der Waals surface area contributed by atoms with Crippen molar-refractivity contribution in [2.75, 3.05) is 26.9 Å². The van der Waals surface area contributed by atoms with E-state index in [1.54, 1.807) is 4.90 Å². The molecule has 1 heterocycles. The molecule has 0 unspecified atom stereocenters. The standard InChI is InChI=1S/C13H19NO5/c1-17-12(15)8-14(10-4-2-3-5-10)13(16)11-9-18-6-7-19-11/h9-10H,2-8H2,1H3. The third kappa shape index (κ3) is 3.39. The predicted octanol–water partition coefficient (Wildman–Crippen LogP) is 0.819. The third-order valence-corrected chi connectivity index (χ3v) is 3.41. The van der Waals surface area contributed by atoms with Crippen molar-refractivity contribution < 1.29 is 23.8 Å². The van der Waals surface area contributed by atoms with Crippen LogP contribution >= 0.6 is 0 Å². The van der Waals surface area contributed by atoms with Gasteiger partial charge in [0, 0.05) is 6.04 Å². The van der Waals surface area contributed by atoms with Crippen molar-refractivity contribution >= 4 is 11.9 Å². The van der Waals surface area contributed by atoms with E-state index < -0.39 is 5.97 Å². The monoisotopic (exact) mass is 269 g/mol. The number of nitrogens with zero attached hydrogens (tertiary/aromatic N) is 1. The zero-order chi connectivity index (χ0) is 13.7. The van der Waals surface area contributed by atoms with Gasteiger partial charge in [-0.25, -0.2) is 0 Å². The summed E-state index contributed by atoms with van der Waals surface area (Å²) in [6, 6.07) is 0.0815. The van der Waals surface area contributed by atoms with E-state index in [0.717, 1.165) is 25.7 Å². The Kier molecular flexibility index (Phi) is 4.65. The van der Waals surface area contributed by atoms with E-state index in [1.807, 2.05) is 0 Å². The van der Waals surface area contributed by atoms with Crippen LogP contribution in [0.25, 0.3) is 0 Å². The number of methoxy groups -OCH3 is 1. The largest absolute Gasteiger partial charge is 0.494 e. The summed E-state index contributed by atoms with van der Waals surface area (Å²) in [5, 5.41) is 0. The minimum absolute atomic E-state index is 0.0410. The van der Waals surface area contributed by atoms with Gasteiger partial charge in [0.15, 0.2) is 0 Å². The number of carbonyl (C=O) groups is 2. The highest BCUT2D eigenvalue weighted by Gasteiger charge is 2.32. The lowest BCUT2D eigenvalue weighted by atomic mass is 10.2.